The molecule has 0 saturated carbocycles. The van der Waals surface area contributed by atoms with E-state index >= 15 is 0 Å². The highest BCUT2D eigenvalue weighted by Gasteiger charge is 2.13. The van der Waals surface area contributed by atoms with E-state index in [1.807, 2.05) is 30.3 Å². The van der Waals surface area contributed by atoms with Crippen molar-refractivity contribution < 1.29 is 0 Å². The minimum Gasteiger partial charge on any atom is -0.213 e. The normalized spacial score (nSPS) is 10.6. The van der Waals surface area contributed by atoms with Gasteiger partial charge in [0.1, 0.15) is 0 Å². The van der Waals surface area contributed by atoms with Crippen LogP contribution in [0.4, 0.5) is 0 Å². The second-order valence-electron chi connectivity index (χ2n) is 3.74. The van der Waals surface area contributed by atoms with Crippen LogP contribution in [-0.4, -0.2) is 25.2 Å². The molecule has 2 aromatic heterocycles. The van der Waals surface area contributed by atoms with Crippen LogP contribution < -0.4 is 0 Å². The van der Waals surface area contributed by atoms with E-state index in [0.717, 1.165) is 5.69 Å². The monoisotopic (exact) mass is 291 g/mol. The second kappa shape index (κ2) is 4.95. The SMILES string of the molecule is Clc1cc(-c2cnnn2-c2ccccc2)c(Cl)nn1. The number of rotatable bonds is 2. The number of aromatic nitrogens is 5. The summed E-state index contributed by atoms with van der Waals surface area (Å²) in [5.74, 6) is 0. The molecular formula is C12H7Cl2N5. The van der Waals surface area contributed by atoms with Crippen LogP contribution >= 0.6 is 23.2 Å². The van der Waals surface area contributed by atoms with Gasteiger partial charge >= 0.3 is 0 Å². The molecule has 7 heteroatoms. The molecule has 0 saturated heterocycles. The quantitative estimate of drug-likeness (QED) is 0.728. The van der Waals surface area contributed by atoms with Crippen LogP contribution in [0.5, 0.6) is 0 Å². The first kappa shape index (κ1) is 12.1. The topological polar surface area (TPSA) is 56.5 Å². The molecule has 3 rings (SSSR count). The van der Waals surface area contributed by atoms with Crippen molar-refractivity contribution in [3.05, 3.63) is 52.9 Å². The Bertz CT molecular complexity index is 711. The third kappa shape index (κ3) is 2.30. The first-order chi connectivity index (χ1) is 9.25. The minimum absolute atomic E-state index is 0.254. The molecule has 5 nitrogen and oxygen atoms in total. The van der Waals surface area contributed by atoms with Crippen molar-refractivity contribution in [1.29, 1.82) is 0 Å². The zero-order chi connectivity index (χ0) is 13.2. The van der Waals surface area contributed by atoms with Crippen molar-refractivity contribution in [2.45, 2.75) is 0 Å². The molecule has 0 atom stereocenters. The van der Waals surface area contributed by atoms with Crippen LogP contribution in [0.25, 0.3) is 16.9 Å². The van der Waals surface area contributed by atoms with Crippen molar-refractivity contribution in [3.8, 4) is 16.9 Å². The molecule has 94 valence electrons. The average Bonchev–Trinajstić information content (AvgIpc) is 2.91. The smallest absolute Gasteiger partial charge is 0.161 e. The van der Waals surface area contributed by atoms with Gasteiger partial charge in [0.15, 0.2) is 10.3 Å². The molecule has 0 aliphatic rings. The van der Waals surface area contributed by atoms with Gasteiger partial charge in [-0.3, -0.25) is 0 Å². The Morgan fingerprint density at radius 2 is 1.79 bits per heavy atom. The van der Waals surface area contributed by atoms with E-state index in [2.05, 4.69) is 20.5 Å². The van der Waals surface area contributed by atoms with E-state index < -0.39 is 0 Å². The summed E-state index contributed by atoms with van der Waals surface area (Å²) < 4.78 is 1.67. The lowest BCUT2D eigenvalue weighted by molar-refractivity contribution is 0.807. The highest BCUT2D eigenvalue weighted by atomic mass is 35.5. The summed E-state index contributed by atoms with van der Waals surface area (Å²) in [5.41, 5.74) is 2.21. The number of hydrogen-bond donors (Lipinski definition) is 0. The highest BCUT2D eigenvalue weighted by Crippen LogP contribution is 2.28. The van der Waals surface area contributed by atoms with Crippen molar-refractivity contribution in [3.63, 3.8) is 0 Å². The highest BCUT2D eigenvalue weighted by molar-refractivity contribution is 6.33. The van der Waals surface area contributed by atoms with E-state index in [1.54, 1.807) is 16.9 Å². The van der Waals surface area contributed by atoms with Crippen molar-refractivity contribution in [2.24, 2.45) is 0 Å². The van der Waals surface area contributed by atoms with Crippen LogP contribution in [0.3, 0.4) is 0 Å². The van der Waals surface area contributed by atoms with E-state index in [4.69, 9.17) is 23.2 Å². The van der Waals surface area contributed by atoms with Crippen LogP contribution in [0, 0.1) is 0 Å². The lowest BCUT2D eigenvalue weighted by Crippen LogP contribution is -2.00. The van der Waals surface area contributed by atoms with Crippen LogP contribution in [-0.2, 0) is 0 Å². The summed E-state index contributed by atoms with van der Waals surface area (Å²) >= 11 is 11.9. The predicted molar refractivity (Wildman–Crippen MR) is 72.4 cm³/mol. The Hall–Kier alpha value is -1.98. The maximum atomic E-state index is 6.05. The Kier molecular flexibility index (Phi) is 3.15. The van der Waals surface area contributed by atoms with Gasteiger partial charge in [0, 0.05) is 5.56 Å². The van der Waals surface area contributed by atoms with Crippen molar-refractivity contribution in [1.82, 2.24) is 25.2 Å². The fourth-order valence-corrected chi connectivity index (χ4v) is 2.05. The molecule has 0 bridgehead atoms. The summed E-state index contributed by atoms with van der Waals surface area (Å²) in [6, 6.07) is 11.2. The zero-order valence-electron chi connectivity index (χ0n) is 9.53. The first-order valence-electron chi connectivity index (χ1n) is 5.41. The van der Waals surface area contributed by atoms with Gasteiger partial charge in [-0.05, 0) is 18.2 Å². The van der Waals surface area contributed by atoms with Gasteiger partial charge < -0.3 is 0 Å². The van der Waals surface area contributed by atoms with Gasteiger partial charge in [-0.2, -0.15) is 0 Å². The molecule has 0 unspecified atom stereocenters. The molecule has 19 heavy (non-hydrogen) atoms. The summed E-state index contributed by atoms with van der Waals surface area (Å²) in [5, 5.41) is 15.9. The maximum Gasteiger partial charge on any atom is 0.161 e. The zero-order valence-corrected chi connectivity index (χ0v) is 11.0. The molecule has 0 spiro atoms. The van der Waals surface area contributed by atoms with E-state index in [-0.39, 0.29) is 10.3 Å². The van der Waals surface area contributed by atoms with Crippen molar-refractivity contribution in [2.75, 3.05) is 0 Å². The fraction of sp³-hybridized carbons (Fsp3) is 0. The van der Waals surface area contributed by atoms with Crippen LogP contribution in [0.1, 0.15) is 0 Å². The Morgan fingerprint density at radius 1 is 1.00 bits per heavy atom. The van der Waals surface area contributed by atoms with Gasteiger partial charge in [0.25, 0.3) is 0 Å². The van der Waals surface area contributed by atoms with Gasteiger partial charge in [0.2, 0.25) is 0 Å². The van der Waals surface area contributed by atoms with Crippen molar-refractivity contribution >= 4 is 23.2 Å². The molecule has 2 heterocycles. The third-order valence-corrected chi connectivity index (χ3v) is 3.01. The first-order valence-corrected chi connectivity index (χ1v) is 6.16. The van der Waals surface area contributed by atoms with Crippen LogP contribution in [0.15, 0.2) is 42.6 Å². The molecular weight excluding hydrogens is 285 g/mol. The second-order valence-corrected chi connectivity index (χ2v) is 4.48. The molecule has 0 fully saturated rings. The average molecular weight is 292 g/mol. The summed E-state index contributed by atoms with van der Waals surface area (Å²) in [6.07, 6.45) is 1.60. The predicted octanol–water partition coefficient (Wildman–Crippen LogP) is 3.03. The van der Waals surface area contributed by atoms with Gasteiger partial charge in [-0.1, -0.05) is 46.6 Å². The molecule has 1 aromatic carbocycles. The number of benzene rings is 1. The molecule has 0 aliphatic heterocycles. The van der Waals surface area contributed by atoms with Crippen LogP contribution in [0.2, 0.25) is 10.3 Å². The third-order valence-electron chi connectivity index (χ3n) is 2.55. The van der Waals surface area contributed by atoms with E-state index in [9.17, 15) is 0 Å². The molecule has 0 N–H and O–H groups in total. The van der Waals surface area contributed by atoms with E-state index in [1.165, 1.54) is 0 Å². The van der Waals surface area contributed by atoms with Gasteiger partial charge in [0.05, 0.1) is 17.6 Å². The Labute approximate surface area is 118 Å². The van der Waals surface area contributed by atoms with E-state index in [0.29, 0.717) is 11.3 Å². The number of nitrogens with zero attached hydrogens (tertiary/aromatic N) is 5. The summed E-state index contributed by atoms with van der Waals surface area (Å²) in [4.78, 5) is 0. The van der Waals surface area contributed by atoms with Gasteiger partial charge in [-0.15, -0.1) is 15.3 Å². The lowest BCUT2D eigenvalue weighted by atomic mass is 10.2. The fourth-order valence-electron chi connectivity index (χ4n) is 1.71. The lowest BCUT2D eigenvalue weighted by Gasteiger charge is -2.06. The molecule has 0 radical (unpaired) electrons. The maximum absolute atomic E-state index is 6.05. The summed E-state index contributed by atoms with van der Waals surface area (Å²) in [6.45, 7) is 0. The minimum atomic E-state index is 0.254. The molecule has 0 amide bonds. The molecule has 3 aromatic rings. The number of halogens is 2. The number of hydrogen-bond acceptors (Lipinski definition) is 4. The van der Waals surface area contributed by atoms with Gasteiger partial charge in [-0.25, -0.2) is 4.68 Å². The Balaban J connectivity index is 2.18. The number of para-hydroxylation sites is 1. The Morgan fingerprint density at radius 3 is 2.58 bits per heavy atom. The largest absolute Gasteiger partial charge is 0.213 e. The standard InChI is InChI=1S/C12H7Cl2N5/c13-11-6-9(12(14)17-16-11)10-7-15-18-19(10)8-4-2-1-3-5-8/h1-7H. The molecule has 0 aliphatic carbocycles. The summed E-state index contributed by atoms with van der Waals surface area (Å²) in [7, 11) is 0.